The number of carbonyl (C=O) groups is 3. The number of hydrogen-bond acceptors (Lipinski definition) is 10. The first-order chi connectivity index (χ1) is 15.0. The van der Waals surface area contributed by atoms with E-state index in [0.29, 0.717) is 0 Å². The maximum atomic E-state index is 10.7. The van der Waals surface area contributed by atoms with Gasteiger partial charge in [-0.1, -0.05) is 6.92 Å². The number of aliphatic carboxylic acids is 3. The van der Waals surface area contributed by atoms with Crippen LogP contribution in [0.5, 0.6) is 0 Å². The predicted molar refractivity (Wildman–Crippen MR) is 108 cm³/mol. The van der Waals surface area contributed by atoms with Gasteiger partial charge in [0.1, 0.15) is 6.10 Å². The molecule has 0 saturated heterocycles. The molecule has 0 aromatic heterocycles. The number of ether oxygens (including phenoxy) is 3. The van der Waals surface area contributed by atoms with Crippen molar-refractivity contribution in [2.75, 3.05) is 46.2 Å². The number of aliphatic hydroxyl groups excluding tert-OH is 3. The van der Waals surface area contributed by atoms with Gasteiger partial charge in [-0.05, 0) is 6.42 Å². The van der Waals surface area contributed by atoms with Crippen LogP contribution in [0.25, 0.3) is 0 Å². The Labute approximate surface area is 185 Å². The minimum Gasteiger partial charge on any atom is -0.481 e. The summed E-state index contributed by atoms with van der Waals surface area (Å²) < 4.78 is 16.2. The van der Waals surface area contributed by atoms with Gasteiger partial charge in [-0.2, -0.15) is 0 Å². The minimum absolute atomic E-state index is 0.150. The summed E-state index contributed by atoms with van der Waals surface area (Å²) in [5, 5.41) is 59.1. The van der Waals surface area contributed by atoms with Gasteiger partial charge >= 0.3 is 17.9 Å². The van der Waals surface area contributed by atoms with Crippen LogP contribution in [0, 0.1) is 0 Å². The van der Waals surface area contributed by atoms with Crippen molar-refractivity contribution in [3.63, 3.8) is 0 Å². The SMILES string of the molecule is CCC(O)C(O)C(O)CNC(COCCC(=O)O)(COCCC(=O)O)COCCC(=O)O. The van der Waals surface area contributed by atoms with Gasteiger partial charge in [0.2, 0.25) is 0 Å². The Bertz CT molecular complexity index is 503. The number of aliphatic hydroxyl groups is 3. The summed E-state index contributed by atoms with van der Waals surface area (Å²) in [7, 11) is 0. The molecule has 0 rings (SSSR count). The zero-order valence-electron chi connectivity index (χ0n) is 18.1. The van der Waals surface area contributed by atoms with Crippen LogP contribution in [0.1, 0.15) is 32.6 Å². The topological polar surface area (TPSA) is 212 Å². The molecule has 0 bridgehead atoms. The third-order valence-corrected chi connectivity index (χ3v) is 4.41. The molecule has 3 atom stereocenters. The molecule has 0 aliphatic heterocycles. The van der Waals surface area contributed by atoms with Crippen LogP contribution in [0.4, 0.5) is 0 Å². The summed E-state index contributed by atoms with van der Waals surface area (Å²) in [6.07, 6.45) is -4.62. The van der Waals surface area contributed by atoms with Gasteiger partial charge in [0, 0.05) is 6.54 Å². The first kappa shape index (κ1) is 30.1. The van der Waals surface area contributed by atoms with Crippen molar-refractivity contribution in [3.05, 3.63) is 0 Å². The standard InChI is InChI=1S/C19H35NO12/c1-2-13(21)18(29)14(22)9-20-19(10-30-6-3-15(23)24,11-31-7-4-16(25)26)12-32-8-5-17(27)28/h13-14,18,20-22,29H,2-12H2,1H3,(H,23,24)(H,25,26)(H,27,28). The molecule has 32 heavy (non-hydrogen) atoms. The van der Waals surface area contributed by atoms with Gasteiger partial charge in [0.25, 0.3) is 0 Å². The number of carboxylic acid groups (broad SMARTS) is 3. The van der Waals surface area contributed by atoms with Crippen molar-refractivity contribution >= 4 is 17.9 Å². The lowest BCUT2D eigenvalue weighted by molar-refractivity contribution is -0.139. The van der Waals surface area contributed by atoms with Crippen LogP contribution < -0.4 is 5.32 Å². The van der Waals surface area contributed by atoms with Gasteiger partial charge in [0.05, 0.1) is 76.7 Å². The van der Waals surface area contributed by atoms with Crippen LogP contribution in [0.3, 0.4) is 0 Å². The Kier molecular flexibility index (Phi) is 15.7. The summed E-state index contributed by atoms with van der Waals surface area (Å²) in [5.41, 5.74) is -1.23. The fourth-order valence-electron chi connectivity index (χ4n) is 2.50. The van der Waals surface area contributed by atoms with Gasteiger partial charge in [-0.3, -0.25) is 14.4 Å². The average Bonchev–Trinajstić information content (AvgIpc) is 2.73. The zero-order valence-corrected chi connectivity index (χ0v) is 18.1. The van der Waals surface area contributed by atoms with E-state index < -0.39 is 41.8 Å². The zero-order chi connectivity index (χ0) is 24.6. The second kappa shape index (κ2) is 16.7. The Morgan fingerprint density at radius 1 is 0.750 bits per heavy atom. The third kappa shape index (κ3) is 14.2. The van der Waals surface area contributed by atoms with Crippen molar-refractivity contribution in [3.8, 4) is 0 Å². The molecule has 0 aliphatic carbocycles. The molecule has 13 heteroatoms. The van der Waals surface area contributed by atoms with Crippen molar-refractivity contribution in [1.29, 1.82) is 0 Å². The molecule has 7 N–H and O–H groups in total. The minimum atomic E-state index is -1.45. The summed E-state index contributed by atoms with van der Waals surface area (Å²) in [6.45, 7) is 0.388. The Morgan fingerprint density at radius 2 is 1.12 bits per heavy atom. The number of rotatable bonds is 21. The monoisotopic (exact) mass is 469 g/mol. The van der Waals surface area contributed by atoms with E-state index >= 15 is 0 Å². The summed E-state index contributed by atoms with van der Waals surface area (Å²) in [5.74, 6) is -3.23. The highest BCUT2D eigenvalue weighted by Gasteiger charge is 2.34. The largest absolute Gasteiger partial charge is 0.481 e. The van der Waals surface area contributed by atoms with Crippen LogP contribution >= 0.6 is 0 Å². The highest BCUT2D eigenvalue weighted by Crippen LogP contribution is 2.12. The Balaban J connectivity index is 5.27. The summed E-state index contributed by atoms with van der Waals surface area (Å²) >= 11 is 0. The van der Waals surface area contributed by atoms with Crippen molar-refractivity contribution in [2.45, 2.75) is 56.5 Å². The maximum absolute atomic E-state index is 10.7. The maximum Gasteiger partial charge on any atom is 0.305 e. The van der Waals surface area contributed by atoms with Crippen LogP contribution in [-0.2, 0) is 28.6 Å². The molecular formula is C19H35NO12. The molecule has 0 spiro atoms. The van der Waals surface area contributed by atoms with E-state index in [-0.39, 0.29) is 71.9 Å². The molecule has 3 unspecified atom stereocenters. The van der Waals surface area contributed by atoms with Crippen molar-refractivity contribution in [1.82, 2.24) is 5.32 Å². The van der Waals surface area contributed by atoms with Crippen molar-refractivity contribution < 1.29 is 59.2 Å². The van der Waals surface area contributed by atoms with Crippen LogP contribution in [0.2, 0.25) is 0 Å². The van der Waals surface area contributed by atoms with E-state index in [2.05, 4.69) is 5.32 Å². The number of hydrogen-bond donors (Lipinski definition) is 7. The quantitative estimate of drug-likeness (QED) is 0.0933. The first-order valence-corrected chi connectivity index (χ1v) is 10.2. The lowest BCUT2D eigenvalue weighted by Gasteiger charge is -2.36. The number of nitrogens with one attached hydrogen (secondary N) is 1. The number of carboxylic acids is 3. The molecule has 188 valence electrons. The molecule has 0 heterocycles. The lowest BCUT2D eigenvalue weighted by atomic mass is 10.0. The molecule has 0 fully saturated rings. The van der Waals surface area contributed by atoms with Gasteiger partial charge < -0.3 is 50.2 Å². The second-order valence-electron chi connectivity index (χ2n) is 7.28. The van der Waals surface area contributed by atoms with E-state index in [4.69, 9.17) is 29.5 Å². The first-order valence-electron chi connectivity index (χ1n) is 10.2. The predicted octanol–water partition coefficient (Wildman–Crippen LogP) is -1.72. The number of β-amino-alcohol motifs (C(OH)–C–C–N with tert-alkyl or cyclic N) is 1. The van der Waals surface area contributed by atoms with Crippen molar-refractivity contribution in [2.24, 2.45) is 0 Å². The molecule has 13 nitrogen and oxygen atoms in total. The van der Waals surface area contributed by atoms with Gasteiger partial charge in [-0.15, -0.1) is 0 Å². The molecule has 0 aromatic rings. The van der Waals surface area contributed by atoms with E-state index in [1.165, 1.54) is 0 Å². The highest BCUT2D eigenvalue weighted by atomic mass is 16.5. The van der Waals surface area contributed by atoms with Crippen LogP contribution in [-0.4, -0.2) is 119 Å². The average molecular weight is 469 g/mol. The highest BCUT2D eigenvalue weighted by molar-refractivity contribution is 5.67. The van der Waals surface area contributed by atoms with E-state index in [1.807, 2.05) is 0 Å². The van der Waals surface area contributed by atoms with Crippen LogP contribution in [0.15, 0.2) is 0 Å². The van der Waals surface area contributed by atoms with E-state index in [9.17, 15) is 29.7 Å². The second-order valence-corrected chi connectivity index (χ2v) is 7.28. The van der Waals surface area contributed by atoms with E-state index in [1.54, 1.807) is 6.92 Å². The molecule has 0 saturated carbocycles. The molecule has 0 radical (unpaired) electrons. The normalized spacial score (nSPS) is 14.6. The van der Waals surface area contributed by atoms with Gasteiger partial charge in [-0.25, -0.2) is 0 Å². The molecule has 0 aromatic carbocycles. The van der Waals surface area contributed by atoms with E-state index in [0.717, 1.165) is 0 Å². The molecule has 0 amide bonds. The third-order valence-electron chi connectivity index (χ3n) is 4.41. The molecule has 0 aliphatic rings. The lowest BCUT2D eigenvalue weighted by Crippen LogP contribution is -2.59. The summed E-state index contributed by atoms with van der Waals surface area (Å²) in [4.78, 5) is 32.1. The molecular weight excluding hydrogens is 434 g/mol. The Morgan fingerprint density at radius 3 is 1.44 bits per heavy atom. The van der Waals surface area contributed by atoms with Gasteiger partial charge in [0.15, 0.2) is 0 Å². The Hall–Kier alpha value is -1.87. The summed E-state index contributed by atoms with van der Waals surface area (Å²) in [6, 6.07) is 0. The smallest absolute Gasteiger partial charge is 0.305 e. The fourth-order valence-corrected chi connectivity index (χ4v) is 2.50. The fraction of sp³-hybridized carbons (Fsp3) is 0.842.